The van der Waals surface area contributed by atoms with E-state index in [0.29, 0.717) is 0 Å². The molecule has 1 aromatic heterocycles. The third-order valence-corrected chi connectivity index (χ3v) is 3.25. The molecule has 1 saturated heterocycles. The number of amides is 1. The summed E-state index contributed by atoms with van der Waals surface area (Å²) in [6.45, 7) is 3.39. The summed E-state index contributed by atoms with van der Waals surface area (Å²) in [6.07, 6.45) is 0. The third-order valence-electron chi connectivity index (χ3n) is 2.32. The predicted molar refractivity (Wildman–Crippen MR) is 55.9 cm³/mol. The van der Waals surface area contributed by atoms with Crippen LogP contribution in [-0.2, 0) is 4.79 Å². The summed E-state index contributed by atoms with van der Waals surface area (Å²) in [5, 5.41) is 9.88. The van der Waals surface area contributed by atoms with Crippen LogP contribution >= 0.6 is 11.3 Å². The molecule has 0 spiro atoms. The van der Waals surface area contributed by atoms with Crippen molar-refractivity contribution >= 4 is 17.2 Å². The standard InChI is InChI=1S/C9H10N3O2S/c1-9(2)10-8(13)7(12(9)11-14)6-4-3-5-15-6/h3-5,7H,1-2H3. The summed E-state index contributed by atoms with van der Waals surface area (Å²) in [5.41, 5.74) is -0.840. The number of rotatable bonds is 2. The van der Waals surface area contributed by atoms with Gasteiger partial charge in [0.1, 0.15) is 5.66 Å². The second-order valence-electron chi connectivity index (χ2n) is 3.79. The van der Waals surface area contributed by atoms with Crippen molar-refractivity contribution in [2.24, 2.45) is 5.29 Å². The van der Waals surface area contributed by atoms with Crippen molar-refractivity contribution in [3.05, 3.63) is 27.3 Å². The minimum atomic E-state index is -0.840. The van der Waals surface area contributed by atoms with Crippen LogP contribution in [0.1, 0.15) is 24.8 Å². The van der Waals surface area contributed by atoms with Gasteiger partial charge in [-0.15, -0.1) is 16.2 Å². The Hall–Kier alpha value is -1.43. The van der Waals surface area contributed by atoms with Crippen LogP contribution in [0.25, 0.3) is 0 Å². The molecule has 1 aromatic rings. The van der Waals surface area contributed by atoms with E-state index in [1.165, 1.54) is 16.3 Å². The molecule has 1 aliphatic heterocycles. The van der Waals surface area contributed by atoms with Crippen LogP contribution < -0.4 is 5.32 Å². The quantitative estimate of drug-likeness (QED) is 0.717. The lowest BCUT2D eigenvalue weighted by atomic mass is 10.2. The molecule has 0 aromatic carbocycles. The van der Waals surface area contributed by atoms with Crippen LogP contribution in [-0.4, -0.2) is 16.6 Å². The Kier molecular flexibility index (Phi) is 2.22. The lowest BCUT2D eigenvalue weighted by Gasteiger charge is -2.25. The van der Waals surface area contributed by atoms with Crippen LogP contribution in [0, 0.1) is 4.91 Å². The smallest absolute Gasteiger partial charge is 0.270 e. The van der Waals surface area contributed by atoms with Gasteiger partial charge in [-0.2, -0.15) is 0 Å². The maximum atomic E-state index is 11.7. The van der Waals surface area contributed by atoms with Crippen molar-refractivity contribution in [1.82, 2.24) is 10.3 Å². The van der Waals surface area contributed by atoms with E-state index in [1.54, 1.807) is 13.8 Å². The summed E-state index contributed by atoms with van der Waals surface area (Å²) >= 11 is 1.42. The zero-order valence-corrected chi connectivity index (χ0v) is 9.19. The van der Waals surface area contributed by atoms with E-state index in [1.807, 2.05) is 17.5 Å². The van der Waals surface area contributed by atoms with Crippen LogP contribution in [0.2, 0.25) is 0 Å². The number of hydrogen-bond donors (Lipinski definition) is 0. The molecule has 2 rings (SSSR count). The monoisotopic (exact) mass is 224 g/mol. The van der Waals surface area contributed by atoms with Gasteiger partial charge in [0.2, 0.25) is 0 Å². The van der Waals surface area contributed by atoms with Gasteiger partial charge in [0.05, 0.1) is 5.29 Å². The first-order chi connectivity index (χ1) is 7.06. The van der Waals surface area contributed by atoms with E-state index < -0.39 is 11.7 Å². The minimum Gasteiger partial charge on any atom is -0.270 e. The summed E-state index contributed by atoms with van der Waals surface area (Å²) in [6, 6.07) is 3.00. The number of carbonyl (C=O) groups excluding carboxylic acids is 1. The highest BCUT2D eigenvalue weighted by atomic mass is 32.1. The number of thiophene rings is 1. The molecule has 1 amide bonds. The highest BCUT2D eigenvalue weighted by Crippen LogP contribution is 2.36. The third kappa shape index (κ3) is 1.50. The Labute approximate surface area is 91.0 Å². The molecule has 0 N–H and O–H groups in total. The predicted octanol–water partition coefficient (Wildman–Crippen LogP) is 1.65. The molecular weight excluding hydrogens is 214 g/mol. The fraction of sp³-hybridized carbons (Fsp3) is 0.444. The summed E-state index contributed by atoms with van der Waals surface area (Å²) in [5.74, 6) is -0.304. The average molecular weight is 224 g/mol. The Balaban J connectivity index is 2.39. The molecule has 15 heavy (non-hydrogen) atoms. The van der Waals surface area contributed by atoms with Gasteiger partial charge in [0.25, 0.3) is 5.91 Å². The molecule has 0 aliphatic carbocycles. The Morgan fingerprint density at radius 3 is 2.87 bits per heavy atom. The fourth-order valence-corrected chi connectivity index (χ4v) is 2.44. The molecule has 1 aliphatic rings. The van der Waals surface area contributed by atoms with E-state index >= 15 is 0 Å². The molecule has 1 atom stereocenters. The van der Waals surface area contributed by atoms with Crippen molar-refractivity contribution in [3.63, 3.8) is 0 Å². The first kappa shape index (κ1) is 10.1. The largest absolute Gasteiger partial charge is 0.273 e. The maximum Gasteiger partial charge on any atom is 0.273 e. The second kappa shape index (κ2) is 3.30. The van der Waals surface area contributed by atoms with E-state index in [-0.39, 0.29) is 5.91 Å². The molecule has 2 heterocycles. The molecule has 5 nitrogen and oxygen atoms in total. The average Bonchev–Trinajstić information content (AvgIpc) is 2.70. The highest BCUT2D eigenvalue weighted by Gasteiger charge is 2.48. The van der Waals surface area contributed by atoms with Gasteiger partial charge in [0, 0.05) is 4.88 Å². The lowest BCUT2D eigenvalue weighted by Crippen LogP contribution is -2.39. The van der Waals surface area contributed by atoms with E-state index in [9.17, 15) is 9.70 Å². The van der Waals surface area contributed by atoms with Gasteiger partial charge in [-0.3, -0.25) is 4.79 Å². The van der Waals surface area contributed by atoms with Crippen molar-refractivity contribution in [2.45, 2.75) is 25.6 Å². The van der Waals surface area contributed by atoms with Gasteiger partial charge < -0.3 is 0 Å². The zero-order valence-electron chi connectivity index (χ0n) is 8.38. The Morgan fingerprint density at radius 2 is 2.33 bits per heavy atom. The van der Waals surface area contributed by atoms with Gasteiger partial charge in [-0.25, -0.2) is 10.3 Å². The molecule has 6 heteroatoms. The van der Waals surface area contributed by atoms with E-state index in [0.717, 1.165) is 4.88 Å². The van der Waals surface area contributed by atoms with Gasteiger partial charge >= 0.3 is 0 Å². The molecule has 1 fully saturated rings. The first-order valence-electron chi connectivity index (χ1n) is 4.49. The number of nitrogens with zero attached hydrogens (tertiary/aromatic N) is 3. The molecule has 0 saturated carbocycles. The Morgan fingerprint density at radius 1 is 1.60 bits per heavy atom. The number of carbonyl (C=O) groups is 1. The number of hydrogen-bond acceptors (Lipinski definition) is 4. The SMILES string of the molecule is CC1(C)[N]C(=O)C(c2cccs2)N1N=O. The van der Waals surface area contributed by atoms with Crippen molar-refractivity contribution in [1.29, 1.82) is 0 Å². The lowest BCUT2D eigenvalue weighted by molar-refractivity contribution is -0.121. The molecule has 1 radical (unpaired) electrons. The molecule has 0 bridgehead atoms. The summed E-state index contributed by atoms with van der Waals surface area (Å²) in [7, 11) is 0. The fourth-order valence-electron chi connectivity index (χ4n) is 1.64. The van der Waals surface area contributed by atoms with E-state index in [2.05, 4.69) is 10.6 Å². The van der Waals surface area contributed by atoms with Gasteiger partial charge in [-0.05, 0) is 25.3 Å². The first-order valence-corrected chi connectivity index (χ1v) is 5.37. The van der Waals surface area contributed by atoms with Crippen LogP contribution in [0.15, 0.2) is 22.8 Å². The molecular formula is C9H10N3O2S. The second-order valence-corrected chi connectivity index (χ2v) is 4.77. The van der Waals surface area contributed by atoms with Gasteiger partial charge in [0.15, 0.2) is 6.04 Å². The van der Waals surface area contributed by atoms with Crippen molar-refractivity contribution < 1.29 is 4.79 Å². The van der Waals surface area contributed by atoms with Crippen LogP contribution in [0.3, 0.4) is 0 Å². The summed E-state index contributed by atoms with van der Waals surface area (Å²) in [4.78, 5) is 23.2. The van der Waals surface area contributed by atoms with Gasteiger partial charge in [-0.1, -0.05) is 6.07 Å². The minimum absolute atomic E-state index is 0.304. The molecule has 79 valence electrons. The summed E-state index contributed by atoms with van der Waals surface area (Å²) < 4.78 is 0. The normalized spacial score (nSPS) is 24.0. The Bertz CT molecular complexity index is 388. The highest BCUT2D eigenvalue weighted by molar-refractivity contribution is 7.10. The van der Waals surface area contributed by atoms with Crippen LogP contribution in [0.4, 0.5) is 0 Å². The maximum absolute atomic E-state index is 11.7. The zero-order chi connectivity index (χ0) is 11.1. The van der Waals surface area contributed by atoms with Crippen LogP contribution in [0.5, 0.6) is 0 Å². The topological polar surface area (TPSA) is 63.8 Å². The van der Waals surface area contributed by atoms with E-state index in [4.69, 9.17) is 0 Å². The van der Waals surface area contributed by atoms with Crippen molar-refractivity contribution in [3.8, 4) is 0 Å². The van der Waals surface area contributed by atoms with Crippen molar-refractivity contribution in [2.75, 3.05) is 0 Å². The molecule has 1 unspecified atom stereocenters. The number of nitroso groups, excluding NO2 is 1.